The summed E-state index contributed by atoms with van der Waals surface area (Å²) in [5.74, 6) is 0.0556. The van der Waals surface area contributed by atoms with Crippen LogP contribution in [-0.4, -0.2) is 6.61 Å². The highest BCUT2D eigenvalue weighted by molar-refractivity contribution is 4.91. The second-order valence-electron chi connectivity index (χ2n) is 1.53. The molecule has 37 valence electrons. The van der Waals surface area contributed by atoms with Crippen LogP contribution in [-0.2, 0) is 4.74 Å². The summed E-state index contributed by atoms with van der Waals surface area (Å²) in [5.41, 5.74) is 0. The van der Waals surface area contributed by atoms with E-state index in [4.69, 9.17) is 10.00 Å². The van der Waals surface area contributed by atoms with E-state index in [1.54, 1.807) is 6.61 Å². The number of hydrogen-bond acceptors (Lipinski definition) is 2. The minimum absolute atomic E-state index is 0.0556. The Hall–Kier alpha value is -0.550. The molecule has 2 nitrogen and oxygen atoms in total. The van der Waals surface area contributed by atoms with Gasteiger partial charge in [-0.25, -0.2) is 0 Å². The van der Waals surface area contributed by atoms with E-state index in [0.717, 1.165) is 13.0 Å². The molecule has 1 rings (SSSR count). The topological polar surface area (TPSA) is 33.0 Å². The van der Waals surface area contributed by atoms with Crippen molar-refractivity contribution in [1.82, 2.24) is 0 Å². The molecule has 0 N–H and O–H groups in total. The lowest BCUT2D eigenvalue weighted by Crippen LogP contribution is -1.85. The highest BCUT2D eigenvalue weighted by atomic mass is 16.5. The third-order valence-corrected chi connectivity index (χ3v) is 0.973. The number of nitriles is 1. The van der Waals surface area contributed by atoms with Crippen molar-refractivity contribution in [2.45, 2.75) is 6.42 Å². The third kappa shape index (κ3) is 0.908. The van der Waals surface area contributed by atoms with Crippen molar-refractivity contribution in [2.24, 2.45) is 5.92 Å². The lowest BCUT2D eigenvalue weighted by Gasteiger charge is -1.84. The van der Waals surface area contributed by atoms with E-state index in [0.29, 0.717) is 0 Å². The molecule has 1 radical (unpaired) electrons. The van der Waals surface area contributed by atoms with Crippen LogP contribution in [0.25, 0.3) is 0 Å². The maximum absolute atomic E-state index is 8.20. The maximum Gasteiger partial charge on any atom is 0.101 e. The summed E-state index contributed by atoms with van der Waals surface area (Å²) >= 11 is 0. The van der Waals surface area contributed by atoms with Crippen molar-refractivity contribution in [3.8, 4) is 6.07 Å². The van der Waals surface area contributed by atoms with E-state index in [1.807, 2.05) is 0 Å². The van der Waals surface area contributed by atoms with Crippen LogP contribution in [0.3, 0.4) is 0 Å². The first-order chi connectivity index (χ1) is 3.43. The van der Waals surface area contributed by atoms with E-state index in [1.165, 1.54) is 0 Å². The molecular formula is C5H6NO. The summed E-state index contributed by atoms with van der Waals surface area (Å²) in [5, 5.41) is 8.20. The molecule has 1 aliphatic rings. The summed E-state index contributed by atoms with van der Waals surface area (Å²) in [6.45, 7) is 2.32. The van der Waals surface area contributed by atoms with Crippen LogP contribution in [0.2, 0.25) is 0 Å². The van der Waals surface area contributed by atoms with Gasteiger partial charge in [-0.05, 0) is 6.42 Å². The molecule has 2 heteroatoms. The number of nitrogens with zero attached hydrogens (tertiary/aromatic N) is 1. The smallest absolute Gasteiger partial charge is 0.101 e. The fourth-order valence-corrected chi connectivity index (χ4v) is 0.542. The van der Waals surface area contributed by atoms with Crippen LogP contribution in [0.15, 0.2) is 0 Å². The SMILES string of the molecule is N#CC1[CH]OCC1. The average Bonchev–Trinajstić information content (AvgIpc) is 2.14. The summed E-state index contributed by atoms with van der Waals surface area (Å²) in [7, 11) is 0. The van der Waals surface area contributed by atoms with Gasteiger partial charge in [0.1, 0.15) is 6.61 Å². The molecule has 1 atom stereocenters. The average molecular weight is 96.1 g/mol. The lowest BCUT2D eigenvalue weighted by molar-refractivity contribution is 0.251. The van der Waals surface area contributed by atoms with Crippen molar-refractivity contribution in [1.29, 1.82) is 5.26 Å². The number of hydrogen-bond donors (Lipinski definition) is 0. The van der Waals surface area contributed by atoms with Crippen LogP contribution in [0.5, 0.6) is 0 Å². The van der Waals surface area contributed by atoms with Gasteiger partial charge in [-0.3, -0.25) is 0 Å². The van der Waals surface area contributed by atoms with Crippen molar-refractivity contribution >= 4 is 0 Å². The Morgan fingerprint density at radius 2 is 2.71 bits per heavy atom. The summed E-state index contributed by atoms with van der Waals surface area (Å²) in [6, 6.07) is 2.08. The summed E-state index contributed by atoms with van der Waals surface area (Å²) in [4.78, 5) is 0. The van der Waals surface area contributed by atoms with Gasteiger partial charge in [0.05, 0.1) is 12.0 Å². The molecule has 0 aromatic heterocycles. The minimum Gasteiger partial charge on any atom is -0.374 e. The number of rotatable bonds is 0. The zero-order valence-corrected chi connectivity index (χ0v) is 3.92. The fraction of sp³-hybridized carbons (Fsp3) is 0.600. The molecule has 0 aromatic carbocycles. The van der Waals surface area contributed by atoms with Crippen molar-refractivity contribution in [3.63, 3.8) is 0 Å². The normalized spacial score (nSPS) is 29.9. The molecule has 1 aliphatic heterocycles. The Labute approximate surface area is 42.7 Å². The molecule has 0 spiro atoms. The van der Waals surface area contributed by atoms with Crippen LogP contribution >= 0.6 is 0 Å². The van der Waals surface area contributed by atoms with E-state index >= 15 is 0 Å². The molecular weight excluding hydrogens is 90.1 g/mol. The molecule has 1 fully saturated rings. The Bertz CT molecular complexity index is 88.7. The van der Waals surface area contributed by atoms with Gasteiger partial charge in [0, 0.05) is 6.61 Å². The van der Waals surface area contributed by atoms with Gasteiger partial charge in [-0.15, -0.1) is 0 Å². The Kier molecular flexibility index (Phi) is 1.28. The summed E-state index contributed by atoms with van der Waals surface area (Å²) < 4.78 is 4.80. The maximum atomic E-state index is 8.20. The molecule has 7 heavy (non-hydrogen) atoms. The molecule has 0 bridgehead atoms. The standard InChI is InChI=1S/C5H6NO/c6-3-5-1-2-7-4-5/h4-5H,1-2H2. The lowest BCUT2D eigenvalue weighted by atomic mass is 10.2. The fourth-order valence-electron chi connectivity index (χ4n) is 0.542. The second-order valence-corrected chi connectivity index (χ2v) is 1.53. The van der Waals surface area contributed by atoms with Crippen molar-refractivity contribution in [2.75, 3.05) is 6.61 Å². The number of ether oxygens (including phenoxy) is 1. The van der Waals surface area contributed by atoms with Gasteiger partial charge in [0.2, 0.25) is 0 Å². The Morgan fingerprint density at radius 1 is 1.86 bits per heavy atom. The Balaban J connectivity index is 2.31. The Morgan fingerprint density at radius 3 is 3.00 bits per heavy atom. The van der Waals surface area contributed by atoms with Crippen molar-refractivity contribution < 1.29 is 4.74 Å². The molecule has 1 saturated heterocycles. The largest absolute Gasteiger partial charge is 0.374 e. The third-order valence-electron chi connectivity index (χ3n) is 0.973. The van der Waals surface area contributed by atoms with Gasteiger partial charge in [0.25, 0.3) is 0 Å². The van der Waals surface area contributed by atoms with Crippen LogP contribution in [0.1, 0.15) is 6.42 Å². The zero-order chi connectivity index (χ0) is 5.11. The predicted octanol–water partition coefficient (Wildman–Crippen LogP) is 0.708. The van der Waals surface area contributed by atoms with E-state index in [-0.39, 0.29) is 5.92 Å². The van der Waals surface area contributed by atoms with Gasteiger partial charge >= 0.3 is 0 Å². The highest BCUT2D eigenvalue weighted by Crippen LogP contribution is 2.14. The molecule has 1 heterocycles. The van der Waals surface area contributed by atoms with Crippen molar-refractivity contribution in [3.05, 3.63) is 6.61 Å². The first kappa shape index (κ1) is 4.61. The molecule has 1 unspecified atom stereocenters. The molecule has 0 aliphatic carbocycles. The van der Waals surface area contributed by atoms with Gasteiger partial charge in [-0.1, -0.05) is 0 Å². The first-order valence-electron chi connectivity index (χ1n) is 2.28. The van der Waals surface area contributed by atoms with Gasteiger partial charge in [-0.2, -0.15) is 5.26 Å². The molecule has 0 saturated carbocycles. The second kappa shape index (κ2) is 1.94. The van der Waals surface area contributed by atoms with Crippen LogP contribution in [0.4, 0.5) is 0 Å². The minimum atomic E-state index is 0.0556. The quantitative estimate of drug-likeness (QED) is 0.445. The van der Waals surface area contributed by atoms with E-state index in [2.05, 4.69) is 6.07 Å². The first-order valence-corrected chi connectivity index (χ1v) is 2.28. The van der Waals surface area contributed by atoms with Crippen LogP contribution < -0.4 is 0 Å². The van der Waals surface area contributed by atoms with Gasteiger partial charge < -0.3 is 4.74 Å². The molecule has 0 aromatic rings. The van der Waals surface area contributed by atoms with Gasteiger partial charge in [0.15, 0.2) is 0 Å². The highest BCUT2D eigenvalue weighted by Gasteiger charge is 2.13. The van der Waals surface area contributed by atoms with E-state index in [9.17, 15) is 0 Å². The zero-order valence-electron chi connectivity index (χ0n) is 3.92. The molecule has 0 amide bonds. The van der Waals surface area contributed by atoms with E-state index < -0.39 is 0 Å². The summed E-state index contributed by atoms with van der Waals surface area (Å²) in [6.07, 6.45) is 0.872. The predicted molar refractivity (Wildman–Crippen MR) is 24.0 cm³/mol. The van der Waals surface area contributed by atoms with Crippen LogP contribution in [0, 0.1) is 23.9 Å². The monoisotopic (exact) mass is 96.0 g/mol.